The van der Waals surface area contributed by atoms with E-state index in [2.05, 4.69) is 0 Å². The van der Waals surface area contributed by atoms with Crippen LogP contribution in [0.1, 0.15) is 27.9 Å². The minimum atomic E-state index is -0.465. The van der Waals surface area contributed by atoms with Crippen LogP contribution in [0.4, 0.5) is 5.69 Å². The summed E-state index contributed by atoms with van der Waals surface area (Å²) in [5.74, 6) is -0.648. The van der Waals surface area contributed by atoms with Gasteiger partial charge in [-0.1, -0.05) is 35.9 Å². The molecule has 0 radical (unpaired) electrons. The van der Waals surface area contributed by atoms with Gasteiger partial charge < -0.3 is 9.64 Å². The number of amides is 1. The van der Waals surface area contributed by atoms with Crippen LogP contribution < -0.4 is 4.90 Å². The van der Waals surface area contributed by atoms with Gasteiger partial charge in [-0.3, -0.25) is 4.79 Å². The SMILES string of the molecule is Cc1cccc(C(=O)OCC(=O)N2CCCc3ccccc32)c1. The maximum atomic E-state index is 12.4. The number of anilines is 1. The molecule has 0 N–H and O–H groups in total. The number of carbonyl (C=O) groups is 2. The fraction of sp³-hybridized carbons (Fsp3) is 0.263. The number of esters is 1. The predicted octanol–water partition coefficient (Wildman–Crippen LogP) is 3.13. The molecule has 2 aromatic carbocycles. The summed E-state index contributed by atoms with van der Waals surface area (Å²) in [6.45, 7) is 2.34. The summed E-state index contributed by atoms with van der Waals surface area (Å²) in [6, 6.07) is 15.0. The van der Waals surface area contributed by atoms with E-state index < -0.39 is 5.97 Å². The zero-order chi connectivity index (χ0) is 16.2. The summed E-state index contributed by atoms with van der Waals surface area (Å²) in [5.41, 5.74) is 3.54. The van der Waals surface area contributed by atoms with Crippen molar-refractivity contribution in [3.05, 3.63) is 65.2 Å². The molecule has 0 atom stereocenters. The summed E-state index contributed by atoms with van der Waals surface area (Å²) >= 11 is 0. The Kier molecular flexibility index (Phi) is 4.42. The smallest absolute Gasteiger partial charge is 0.338 e. The first-order valence-corrected chi connectivity index (χ1v) is 7.77. The Morgan fingerprint density at radius 2 is 1.96 bits per heavy atom. The molecule has 0 spiro atoms. The molecule has 0 saturated carbocycles. The number of hydrogen-bond donors (Lipinski definition) is 0. The number of aryl methyl sites for hydroxylation is 2. The first-order chi connectivity index (χ1) is 11.1. The van der Waals surface area contributed by atoms with Crippen LogP contribution in [-0.4, -0.2) is 25.0 Å². The zero-order valence-corrected chi connectivity index (χ0v) is 13.1. The average Bonchev–Trinajstić information content (AvgIpc) is 2.59. The molecule has 0 bridgehead atoms. The highest BCUT2D eigenvalue weighted by atomic mass is 16.5. The summed E-state index contributed by atoms with van der Waals surface area (Å²) in [4.78, 5) is 26.2. The Morgan fingerprint density at radius 1 is 1.13 bits per heavy atom. The Bertz CT molecular complexity index is 739. The molecule has 0 saturated heterocycles. The first kappa shape index (κ1) is 15.3. The molecule has 1 amide bonds. The van der Waals surface area contributed by atoms with Gasteiger partial charge in [-0.2, -0.15) is 0 Å². The summed E-state index contributed by atoms with van der Waals surface area (Å²) in [6.07, 6.45) is 1.90. The van der Waals surface area contributed by atoms with E-state index in [0.29, 0.717) is 12.1 Å². The van der Waals surface area contributed by atoms with E-state index in [9.17, 15) is 9.59 Å². The van der Waals surface area contributed by atoms with E-state index in [4.69, 9.17) is 4.74 Å². The molecule has 4 heteroatoms. The second-order valence-corrected chi connectivity index (χ2v) is 5.72. The fourth-order valence-electron chi connectivity index (χ4n) is 2.85. The molecule has 23 heavy (non-hydrogen) atoms. The summed E-state index contributed by atoms with van der Waals surface area (Å²) in [5, 5.41) is 0. The standard InChI is InChI=1S/C19H19NO3/c1-14-6-4-8-16(12-14)19(22)23-13-18(21)20-11-5-9-15-7-2-3-10-17(15)20/h2-4,6-8,10,12H,5,9,11,13H2,1H3. The number of nitrogens with zero attached hydrogens (tertiary/aromatic N) is 1. The molecule has 3 rings (SSSR count). The minimum absolute atomic E-state index is 0.182. The van der Waals surface area contributed by atoms with Crippen molar-refractivity contribution in [3.8, 4) is 0 Å². The number of rotatable bonds is 3. The van der Waals surface area contributed by atoms with Gasteiger partial charge in [0, 0.05) is 12.2 Å². The molecule has 2 aromatic rings. The fourth-order valence-corrected chi connectivity index (χ4v) is 2.85. The largest absolute Gasteiger partial charge is 0.452 e. The monoisotopic (exact) mass is 309 g/mol. The van der Waals surface area contributed by atoms with E-state index in [-0.39, 0.29) is 12.5 Å². The molecule has 1 heterocycles. The molecule has 0 unspecified atom stereocenters. The minimum Gasteiger partial charge on any atom is -0.452 e. The van der Waals surface area contributed by atoms with E-state index in [1.54, 1.807) is 23.1 Å². The van der Waals surface area contributed by atoms with Gasteiger partial charge in [-0.25, -0.2) is 4.79 Å². The number of ether oxygens (including phenoxy) is 1. The highest BCUT2D eigenvalue weighted by Gasteiger charge is 2.23. The quantitative estimate of drug-likeness (QED) is 0.818. The van der Waals surface area contributed by atoms with Crippen molar-refractivity contribution in [2.45, 2.75) is 19.8 Å². The van der Waals surface area contributed by atoms with Gasteiger partial charge in [0.1, 0.15) is 0 Å². The van der Waals surface area contributed by atoms with Crippen molar-refractivity contribution in [1.29, 1.82) is 0 Å². The van der Waals surface area contributed by atoms with Crippen molar-refractivity contribution in [2.24, 2.45) is 0 Å². The third-order valence-corrected chi connectivity index (χ3v) is 3.99. The molecule has 118 valence electrons. The number of para-hydroxylation sites is 1. The van der Waals surface area contributed by atoms with Gasteiger partial charge in [-0.15, -0.1) is 0 Å². The second kappa shape index (κ2) is 6.65. The van der Waals surface area contributed by atoms with Crippen LogP contribution >= 0.6 is 0 Å². The van der Waals surface area contributed by atoms with Crippen LogP contribution in [0.5, 0.6) is 0 Å². The summed E-state index contributed by atoms with van der Waals surface area (Å²) in [7, 11) is 0. The lowest BCUT2D eigenvalue weighted by Crippen LogP contribution is -2.38. The Morgan fingerprint density at radius 3 is 2.78 bits per heavy atom. The van der Waals surface area contributed by atoms with E-state index in [1.165, 1.54) is 0 Å². The van der Waals surface area contributed by atoms with Gasteiger partial charge >= 0.3 is 5.97 Å². The molecule has 0 fully saturated rings. The normalized spacial score (nSPS) is 13.3. The predicted molar refractivity (Wildman–Crippen MR) is 88.6 cm³/mol. The third-order valence-electron chi connectivity index (χ3n) is 3.99. The topological polar surface area (TPSA) is 46.6 Å². The molecule has 0 aliphatic carbocycles. The molecule has 1 aliphatic rings. The molecular formula is C19H19NO3. The number of hydrogen-bond acceptors (Lipinski definition) is 3. The number of carbonyl (C=O) groups excluding carboxylic acids is 2. The van der Waals surface area contributed by atoms with E-state index in [1.807, 2.05) is 37.3 Å². The highest BCUT2D eigenvalue weighted by Crippen LogP contribution is 2.26. The third kappa shape index (κ3) is 3.42. The Labute approximate surface area is 135 Å². The van der Waals surface area contributed by atoms with Gasteiger partial charge in [0.15, 0.2) is 6.61 Å². The van der Waals surface area contributed by atoms with Crippen LogP contribution in [0.2, 0.25) is 0 Å². The first-order valence-electron chi connectivity index (χ1n) is 7.77. The van der Waals surface area contributed by atoms with Crippen molar-refractivity contribution < 1.29 is 14.3 Å². The van der Waals surface area contributed by atoms with E-state index >= 15 is 0 Å². The van der Waals surface area contributed by atoms with Crippen molar-refractivity contribution in [1.82, 2.24) is 0 Å². The number of fused-ring (bicyclic) bond motifs is 1. The molecule has 4 nitrogen and oxygen atoms in total. The lowest BCUT2D eigenvalue weighted by Gasteiger charge is -2.29. The van der Waals surface area contributed by atoms with Crippen LogP contribution in [0.25, 0.3) is 0 Å². The maximum absolute atomic E-state index is 12.4. The van der Waals surface area contributed by atoms with Crippen LogP contribution in [0.3, 0.4) is 0 Å². The number of benzene rings is 2. The highest BCUT2D eigenvalue weighted by molar-refractivity contribution is 5.98. The van der Waals surface area contributed by atoms with Gasteiger partial charge in [0.05, 0.1) is 5.56 Å². The molecule has 1 aliphatic heterocycles. The summed E-state index contributed by atoms with van der Waals surface area (Å²) < 4.78 is 5.18. The van der Waals surface area contributed by atoms with Crippen molar-refractivity contribution in [3.63, 3.8) is 0 Å². The lowest BCUT2D eigenvalue weighted by atomic mass is 10.0. The zero-order valence-electron chi connectivity index (χ0n) is 13.1. The van der Waals surface area contributed by atoms with Gasteiger partial charge in [0.25, 0.3) is 5.91 Å². The molecular weight excluding hydrogens is 290 g/mol. The Balaban J connectivity index is 1.65. The van der Waals surface area contributed by atoms with Crippen molar-refractivity contribution >= 4 is 17.6 Å². The van der Waals surface area contributed by atoms with Crippen LogP contribution in [0.15, 0.2) is 48.5 Å². The van der Waals surface area contributed by atoms with Gasteiger partial charge in [0.2, 0.25) is 0 Å². The molecule has 0 aromatic heterocycles. The Hall–Kier alpha value is -2.62. The second-order valence-electron chi connectivity index (χ2n) is 5.72. The van der Waals surface area contributed by atoms with Crippen LogP contribution in [-0.2, 0) is 16.0 Å². The van der Waals surface area contributed by atoms with Crippen molar-refractivity contribution in [2.75, 3.05) is 18.1 Å². The lowest BCUT2D eigenvalue weighted by molar-refractivity contribution is -0.121. The maximum Gasteiger partial charge on any atom is 0.338 e. The van der Waals surface area contributed by atoms with Crippen LogP contribution in [0, 0.1) is 6.92 Å². The average molecular weight is 309 g/mol. The van der Waals surface area contributed by atoms with Gasteiger partial charge in [-0.05, 0) is 43.5 Å². The van der Waals surface area contributed by atoms with E-state index in [0.717, 1.165) is 29.7 Å².